The maximum absolute atomic E-state index is 14.0. The van der Waals surface area contributed by atoms with E-state index >= 15 is 0 Å². The molecule has 2 aromatic rings. The number of nitrogens with one attached hydrogen (secondary N) is 1. The van der Waals surface area contributed by atoms with Crippen molar-refractivity contribution in [3.8, 4) is 0 Å². The van der Waals surface area contributed by atoms with Gasteiger partial charge in [0.05, 0.1) is 18.9 Å². The van der Waals surface area contributed by atoms with Gasteiger partial charge in [-0.1, -0.05) is 23.7 Å². The molecule has 0 aliphatic carbocycles. The molecule has 1 fully saturated rings. The summed E-state index contributed by atoms with van der Waals surface area (Å²) in [6.45, 7) is 4.41. The highest BCUT2D eigenvalue weighted by Crippen LogP contribution is 2.26. The van der Waals surface area contributed by atoms with Crippen LogP contribution in [-0.2, 0) is 4.74 Å². The van der Waals surface area contributed by atoms with Gasteiger partial charge in [0.1, 0.15) is 5.82 Å². The summed E-state index contributed by atoms with van der Waals surface area (Å²) in [7, 11) is 0. The molecular weight excluding hydrogens is 395 g/mol. The van der Waals surface area contributed by atoms with Gasteiger partial charge in [-0.15, -0.1) is 0 Å². The lowest BCUT2D eigenvalue weighted by molar-refractivity contribution is 0.0671. The minimum Gasteiger partial charge on any atom is -0.378 e. The number of aryl methyl sites for hydroxylation is 1. The summed E-state index contributed by atoms with van der Waals surface area (Å²) < 4.78 is 19.5. The standard InChI is InChI=1S/C20H22ClFN6O/c1-13-5-6-15(12-17(13)21)24-19-25-18(23)26-20(27-7-9-29-10-8-27)28(19)16-4-2-3-14(22)11-16/h2-6,11-12,19,24H,7-10H2,1H3,(H2,23,25). The largest absolute Gasteiger partial charge is 0.378 e. The van der Waals surface area contributed by atoms with Crippen molar-refractivity contribution in [1.29, 1.82) is 0 Å². The first-order valence-corrected chi connectivity index (χ1v) is 9.71. The van der Waals surface area contributed by atoms with Crippen LogP contribution in [0.15, 0.2) is 52.4 Å². The maximum Gasteiger partial charge on any atom is 0.222 e. The number of anilines is 2. The Hall–Kier alpha value is -2.84. The van der Waals surface area contributed by atoms with E-state index in [0.29, 0.717) is 43.0 Å². The molecule has 2 heterocycles. The lowest BCUT2D eigenvalue weighted by atomic mass is 10.2. The summed E-state index contributed by atoms with van der Waals surface area (Å²) in [6.07, 6.45) is -0.620. The number of morpholine rings is 1. The van der Waals surface area contributed by atoms with Crippen LogP contribution in [0.5, 0.6) is 0 Å². The molecule has 2 aromatic carbocycles. The van der Waals surface area contributed by atoms with E-state index in [9.17, 15) is 4.39 Å². The van der Waals surface area contributed by atoms with Crippen LogP contribution in [0.3, 0.4) is 0 Å². The highest BCUT2D eigenvalue weighted by molar-refractivity contribution is 6.31. The smallest absolute Gasteiger partial charge is 0.222 e. The first kappa shape index (κ1) is 19.5. The van der Waals surface area contributed by atoms with Gasteiger partial charge in [0.25, 0.3) is 0 Å². The predicted octanol–water partition coefficient (Wildman–Crippen LogP) is 3.01. The van der Waals surface area contributed by atoms with Crippen LogP contribution in [0.1, 0.15) is 5.56 Å². The highest BCUT2D eigenvalue weighted by atomic mass is 35.5. The number of ether oxygens (including phenoxy) is 1. The van der Waals surface area contributed by atoms with Crippen LogP contribution in [0, 0.1) is 12.7 Å². The molecule has 0 radical (unpaired) electrons. The Morgan fingerprint density at radius 1 is 1.21 bits per heavy atom. The molecule has 152 valence electrons. The SMILES string of the molecule is Cc1ccc(NC2N=C(N)N=C(N3CCOCC3)N2c2cccc(F)c2)cc1Cl. The predicted molar refractivity (Wildman–Crippen MR) is 114 cm³/mol. The normalized spacial score (nSPS) is 19.6. The van der Waals surface area contributed by atoms with Crippen LogP contribution >= 0.6 is 11.6 Å². The van der Waals surface area contributed by atoms with Crippen molar-refractivity contribution in [2.24, 2.45) is 15.7 Å². The molecule has 29 heavy (non-hydrogen) atoms. The van der Waals surface area contributed by atoms with E-state index in [4.69, 9.17) is 22.1 Å². The van der Waals surface area contributed by atoms with Gasteiger partial charge in [-0.05, 0) is 42.8 Å². The number of nitrogens with zero attached hydrogens (tertiary/aromatic N) is 4. The summed E-state index contributed by atoms with van der Waals surface area (Å²) >= 11 is 6.28. The number of hydrogen-bond acceptors (Lipinski definition) is 7. The zero-order valence-corrected chi connectivity index (χ0v) is 16.7. The van der Waals surface area contributed by atoms with E-state index in [0.717, 1.165) is 11.3 Å². The molecule has 4 rings (SSSR count). The van der Waals surface area contributed by atoms with Crippen molar-refractivity contribution in [3.63, 3.8) is 0 Å². The van der Waals surface area contributed by atoms with Gasteiger partial charge in [-0.3, -0.25) is 4.90 Å². The molecule has 0 bridgehead atoms. The first-order chi connectivity index (χ1) is 14.0. The first-order valence-electron chi connectivity index (χ1n) is 9.33. The van der Waals surface area contributed by atoms with Crippen molar-refractivity contribution in [1.82, 2.24) is 4.90 Å². The van der Waals surface area contributed by atoms with Gasteiger partial charge in [0, 0.05) is 23.8 Å². The fraction of sp³-hybridized carbons (Fsp3) is 0.300. The molecule has 3 N–H and O–H groups in total. The number of nitrogens with two attached hydrogens (primary N) is 1. The van der Waals surface area contributed by atoms with E-state index in [-0.39, 0.29) is 11.8 Å². The minimum absolute atomic E-state index is 0.148. The zero-order valence-electron chi connectivity index (χ0n) is 16.0. The average molecular weight is 417 g/mol. The van der Waals surface area contributed by atoms with E-state index in [1.54, 1.807) is 6.07 Å². The Balaban J connectivity index is 1.73. The molecule has 7 nitrogen and oxygen atoms in total. The van der Waals surface area contributed by atoms with Crippen LogP contribution in [-0.4, -0.2) is 49.4 Å². The Morgan fingerprint density at radius 2 is 2.00 bits per heavy atom. The second kappa shape index (κ2) is 8.26. The Bertz CT molecular complexity index is 960. The molecule has 0 saturated carbocycles. The van der Waals surface area contributed by atoms with Gasteiger partial charge < -0.3 is 20.7 Å². The Labute approximate surface area is 173 Å². The van der Waals surface area contributed by atoms with Gasteiger partial charge in [-0.2, -0.15) is 4.99 Å². The molecule has 9 heteroatoms. The van der Waals surface area contributed by atoms with Gasteiger partial charge in [0.15, 0.2) is 0 Å². The van der Waals surface area contributed by atoms with Crippen LogP contribution in [0.4, 0.5) is 15.8 Å². The number of aliphatic imine (C=N–C) groups is 2. The van der Waals surface area contributed by atoms with Gasteiger partial charge >= 0.3 is 0 Å². The molecule has 1 saturated heterocycles. The third kappa shape index (κ3) is 4.28. The zero-order chi connectivity index (χ0) is 20.4. The fourth-order valence-electron chi connectivity index (χ4n) is 3.28. The minimum atomic E-state index is -0.620. The van der Waals surface area contributed by atoms with E-state index in [1.807, 2.05) is 36.1 Å². The average Bonchev–Trinajstić information content (AvgIpc) is 2.71. The number of benzene rings is 2. The van der Waals surface area contributed by atoms with Crippen LogP contribution in [0.2, 0.25) is 5.02 Å². The number of guanidine groups is 2. The molecule has 2 aliphatic rings. The van der Waals surface area contributed by atoms with E-state index in [1.165, 1.54) is 12.1 Å². The monoisotopic (exact) mass is 416 g/mol. The Kier molecular flexibility index (Phi) is 5.55. The van der Waals surface area contributed by atoms with Gasteiger partial charge in [0.2, 0.25) is 18.2 Å². The lowest BCUT2D eigenvalue weighted by Crippen LogP contribution is -2.57. The van der Waals surface area contributed by atoms with Crippen molar-refractivity contribution in [3.05, 3.63) is 58.9 Å². The Morgan fingerprint density at radius 3 is 2.72 bits per heavy atom. The summed E-state index contributed by atoms with van der Waals surface area (Å²) in [5.74, 6) is 0.403. The van der Waals surface area contributed by atoms with Crippen molar-refractivity contribution in [2.45, 2.75) is 13.2 Å². The molecule has 1 unspecified atom stereocenters. The van der Waals surface area contributed by atoms with Crippen LogP contribution in [0.25, 0.3) is 0 Å². The second-order valence-electron chi connectivity index (χ2n) is 6.83. The fourth-order valence-corrected chi connectivity index (χ4v) is 3.46. The molecule has 2 aliphatic heterocycles. The van der Waals surface area contributed by atoms with E-state index in [2.05, 4.69) is 20.2 Å². The van der Waals surface area contributed by atoms with Crippen molar-refractivity contribution >= 4 is 34.9 Å². The topological polar surface area (TPSA) is 78.5 Å². The second-order valence-corrected chi connectivity index (χ2v) is 7.24. The molecule has 1 atom stereocenters. The summed E-state index contributed by atoms with van der Waals surface area (Å²) in [5, 5.41) is 3.97. The molecule has 0 amide bonds. The summed E-state index contributed by atoms with van der Waals surface area (Å²) in [5.41, 5.74) is 8.39. The van der Waals surface area contributed by atoms with E-state index < -0.39 is 6.29 Å². The number of hydrogen-bond donors (Lipinski definition) is 2. The van der Waals surface area contributed by atoms with Crippen molar-refractivity contribution in [2.75, 3.05) is 36.5 Å². The highest BCUT2D eigenvalue weighted by Gasteiger charge is 2.32. The molecular formula is C20H22ClFN6O. The number of halogens is 2. The summed E-state index contributed by atoms with van der Waals surface area (Å²) in [4.78, 5) is 12.8. The van der Waals surface area contributed by atoms with Gasteiger partial charge in [-0.25, -0.2) is 9.38 Å². The maximum atomic E-state index is 14.0. The lowest BCUT2D eigenvalue weighted by Gasteiger charge is -2.41. The van der Waals surface area contributed by atoms with Crippen LogP contribution < -0.4 is 16.0 Å². The van der Waals surface area contributed by atoms with Crippen molar-refractivity contribution < 1.29 is 9.13 Å². The summed E-state index contributed by atoms with van der Waals surface area (Å²) in [6, 6.07) is 12.0. The molecule has 0 spiro atoms. The quantitative estimate of drug-likeness (QED) is 0.804. The third-order valence-electron chi connectivity index (χ3n) is 4.78. The molecule has 0 aromatic heterocycles. The third-order valence-corrected chi connectivity index (χ3v) is 5.18. The number of rotatable bonds is 3.